The maximum Gasteiger partial charge on any atom is 0.0625 e. The summed E-state index contributed by atoms with van der Waals surface area (Å²) in [4.78, 5) is 0. The van der Waals surface area contributed by atoms with Gasteiger partial charge in [0, 0.05) is 5.92 Å². The predicted molar refractivity (Wildman–Crippen MR) is 109 cm³/mol. The minimum atomic E-state index is -0.349. The van der Waals surface area contributed by atoms with Crippen molar-refractivity contribution in [2.24, 2.45) is 34.0 Å². The topological polar surface area (TPSA) is 29.5 Å². The number of rotatable bonds is 0. The average Bonchev–Trinajstić information content (AvgIpc) is 3.02. The van der Waals surface area contributed by atoms with Crippen LogP contribution in [-0.4, -0.2) is 23.9 Å². The van der Waals surface area contributed by atoms with Crippen LogP contribution in [-0.2, 0) is 4.74 Å². The van der Waals surface area contributed by atoms with Crippen molar-refractivity contribution in [2.45, 2.75) is 101 Å². The third-order valence-electron chi connectivity index (χ3n) is 6.26. The van der Waals surface area contributed by atoms with Gasteiger partial charge >= 0.3 is 0 Å². The van der Waals surface area contributed by atoms with E-state index in [0.29, 0.717) is 16.2 Å². The Bertz CT molecular complexity index is 387. The highest BCUT2D eigenvalue weighted by Crippen LogP contribution is 2.47. The minimum Gasteiger partial charge on any atom is -0.390 e. The Balaban J connectivity index is 0.000000191. The zero-order chi connectivity index (χ0) is 19.7. The molecule has 3 rings (SSSR count). The van der Waals surface area contributed by atoms with E-state index in [1.54, 1.807) is 0 Å². The van der Waals surface area contributed by atoms with E-state index in [1.165, 1.54) is 12.8 Å². The molecule has 25 heavy (non-hydrogen) atoms. The van der Waals surface area contributed by atoms with Crippen molar-refractivity contribution in [2.75, 3.05) is 13.2 Å². The van der Waals surface area contributed by atoms with Crippen molar-refractivity contribution in [3.05, 3.63) is 0 Å². The maximum absolute atomic E-state index is 9.45. The summed E-state index contributed by atoms with van der Waals surface area (Å²) < 4.78 is 5.06. The molecule has 0 aromatic carbocycles. The van der Waals surface area contributed by atoms with E-state index in [9.17, 15) is 5.11 Å². The van der Waals surface area contributed by atoms with Gasteiger partial charge in [-0.2, -0.15) is 0 Å². The first-order valence-corrected chi connectivity index (χ1v) is 10.3. The molecule has 0 aromatic rings. The molecule has 0 aromatic heterocycles. The standard InChI is InChI=1S/C9H18O.C7H14O.C7H14/c1-8(2,3)7-5-9(4,10)6-7;1-7(2,3)6-4-8-5-6;1-7(2,3)6-4-5-6/h7,10H,5-6H2,1-4H3;6H,4-5H2,1-3H3;6H,4-5H2,1-3H3. The summed E-state index contributed by atoms with van der Waals surface area (Å²) in [6.07, 6.45) is 4.92. The molecule has 3 fully saturated rings. The highest BCUT2D eigenvalue weighted by atomic mass is 16.5. The summed E-state index contributed by atoms with van der Waals surface area (Å²) in [6, 6.07) is 0. The van der Waals surface area contributed by atoms with Crippen LogP contribution in [0.5, 0.6) is 0 Å². The Morgan fingerprint density at radius 3 is 1.08 bits per heavy atom. The van der Waals surface area contributed by atoms with Crippen LogP contribution in [0.15, 0.2) is 0 Å². The van der Waals surface area contributed by atoms with Gasteiger partial charge in [0.15, 0.2) is 0 Å². The lowest BCUT2D eigenvalue weighted by Crippen LogP contribution is -2.46. The Morgan fingerprint density at radius 1 is 0.680 bits per heavy atom. The zero-order valence-corrected chi connectivity index (χ0v) is 18.8. The molecule has 150 valence electrons. The molecule has 0 amide bonds. The Kier molecular flexibility index (Phi) is 7.24. The summed E-state index contributed by atoms with van der Waals surface area (Å²) in [5.41, 5.74) is 1.12. The Morgan fingerprint density at radius 2 is 1.04 bits per heavy atom. The number of hydrogen-bond acceptors (Lipinski definition) is 2. The highest BCUT2D eigenvalue weighted by Gasteiger charge is 2.43. The second-order valence-electron chi connectivity index (χ2n) is 12.2. The van der Waals surface area contributed by atoms with Crippen molar-refractivity contribution in [3.63, 3.8) is 0 Å². The van der Waals surface area contributed by atoms with Crippen molar-refractivity contribution >= 4 is 0 Å². The summed E-state index contributed by atoms with van der Waals surface area (Å²) in [7, 11) is 0. The summed E-state index contributed by atoms with van der Waals surface area (Å²) >= 11 is 0. The van der Waals surface area contributed by atoms with Crippen LogP contribution in [0.2, 0.25) is 0 Å². The smallest absolute Gasteiger partial charge is 0.0625 e. The van der Waals surface area contributed by atoms with Gasteiger partial charge in [0.05, 0.1) is 18.8 Å². The van der Waals surface area contributed by atoms with E-state index in [4.69, 9.17) is 4.74 Å². The van der Waals surface area contributed by atoms with Crippen molar-refractivity contribution in [1.29, 1.82) is 0 Å². The lowest BCUT2D eigenvalue weighted by Gasteiger charge is -2.47. The minimum absolute atomic E-state index is 0.349. The molecular weight excluding hydrogens is 308 g/mol. The third kappa shape index (κ3) is 8.43. The van der Waals surface area contributed by atoms with Gasteiger partial charge in [-0.1, -0.05) is 62.3 Å². The molecule has 0 radical (unpaired) electrons. The molecule has 2 aliphatic carbocycles. The van der Waals surface area contributed by atoms with Crippen LogP contribution in [0.25, 0.3) is 0 Å². The largest absolute Gasteiger partial charge is 0.390 e. The Hall–Kier alpha value is -0.0800. The molecule has 1 saturated heterocycles. The van der Waals surface area contributed by atoms with Gasteiger partial charge in [-0.3, -0.25) is 0 Å². The average molecular weight is 355 g/mol. The first kappa shape index (κ1) is 23.0. The zero-order valence-electron chi connectivity index (χ0n) is 18.8. The lowest BCUT2D eigenvalue weighted by molar-refractivity contribution is -0.0918. The molecule has 0 atom stereocenters. The van der Waals surface area contributed by atoms with E-state index in [0.717, 1.165) is 43.8 Å². The van der Waals surface area contributed by atoms with Crippen molar-refractivity contribution in [3.8, 4) is 0 Å². The second kappa shape index (κ2) is 7.89. The summed E-state index contributed by atoms with van der Waals surface area (Å²) in [5, 5.41) is 9.45. The van der Waals surface area contributed by atoms with Crippen LogP contribution in [0.4, 0.5) is 0 Å². The van der Waals surface area contributed by atoms with E-state index >= 15 is 0 Å². The fraction of sp³-hybridized carbons (Fsp3) is 1.00. The molecule has 0 spiro atoms. The molecule has 0 unspecified atom stereocenters. The van der Waals surface area contributed by atoms with E-state index in [1.807, 2.05) is 6.92 Å². The number of ether oxygens (including phenoxy) is 1. The van der Waals surface area contributed by atoms with Gasteiger partial charge < -0.3 is 9.84 Å². The van der Waals surface area contributed by atoms with Crippen molar-refractivity contribution < 1.29 is 9.84 Å². The van der Waals surface area contributed by atoms with Crippen LogP contribution in [0, 0.1) is 34.0 Å². The molecule has 0 bridgehead atoms. The molecule has 1 heterocycles. The van der Waals surface area contributed by atoms with Gasteiger partial charge in [0.1, 0.15) is 0 Å². The fourth-order valence-electron chi connectivity index (χ4n) is 3.30. The quantitative estimate of drug-likeness (QED) is 0.552. The van der Waals surface area contributed by atoms with Crippen LogP contribution >= 0.6 is 0 Å². The second-order valence-corrected chi connectivity index (χ2v) is 12.2. The first-order chi connectivity index (χ1) is 11.0. The van der Waals surface area contributed by atoms with Gasteiger partial charge in [0.2, 0.25) is 0 Å². The maximum atomic E-state index is 9.45. The monoisotopic (exact) mass is 354 g/mol. The van der Waals surface area contributed by atoms with Gasteiger partial charge in [-0.05, 0) is 60.7 Å². The third-order valence-corrected chi connectivity index (χ3v) is 6.26. The fourth-order valence-corrected chi connectivity index (χ4v) is 3.30. The lowest BCUT2D eigenvalue weighted by atomic mass is 9.61. The summed E-state index contributed by atoms with van der Waals surface area (Å²) in [6.45, 7) is 24.4. The predicted octanol–water partition coefficient (Wildman–Crippen LogP) is 6.31. The van der Waals surface area contributed by atoms with Crippen molar-refractivity contribution in [1.82, 2.24) is 0 Å². The van der Waals surface area contributed by atoms with Gasteiger partial charge in [0.25, 0.3) is 0 Å². The number of hydrogen-bond donors (Lipinski definition) is 1. The van der Waals surface area contributed by atoms with Gasteiger partial charge in [-0.25, -0.2) is 0 Å². The molecule has 1 N–H and O–H groups in total. The molecule has 2 saturated carbocycles. The molecular formula is C23H46O2. The summed E-state index contributed by atoms with van der Waals surface area (Å²) in [5.74, 6) is 2.58. The van der Waals surface area contributed by atoms with Gasteiger partial charge in [-0.15, -0.1) is 0 Å². The van der Waals surface area contributed by atoms with Crippen LogP contribution in [0.1, 0.15) is 94.9 Å². The molecule has 3 aliphatic rings. The van der Waals surface area contributed by atoms with E-state index in [-0.39, 0.29) is 5.60 Å². The highest BCUT2D eigenvalue weighted by molar-refractivity contribution is 4.95. The molecule has 2 heteroatoms. The van der Waals surface area contributed by atoms with Crippen LogP contribution in [0.3, 0.4) is 0 Å². The first-order valence-electron chi connectivity index (χ1n) is 10.3. The van der Waals surface area contributed by atoms with E-state index < -0.39 is 0 Å². The molecule has 1 aliphatic heterocycles. The Labute approximate surface area is 158 Å². The normalized spacial score (nSPS) is 30.1. The number of aliphatic hydroxyl groups is 1. The van der Waals surface area contributed by atoms with E-state index in [2.05, 4.69) is 62.3 Å². The molecule has 2 nitrogen and oxygen atoms in total. The van der Waals surface area contributed by atoms with Crippen LogP contribution < -0.4 is 0 Å². The SMILES string of the molecule is CC(C)(C)C1CC1.CC(C)(C)C1COC1.CC1(O)CC(C(C)(C)C)C1.